The van der Waals surface area contributed by atoms with Crippen LogP contribution in [-0.2, 0) is 0 Å². The molecule has 0 aliphatic heterocycles. The van der Waals surface area contributed by atoms with E-state index in [1.54, 1.807) is 0 Å². The Bertz CT molecular complexity index is 663. The minimum Gasteiger partial charge on any atom is -0.504 e. The molecule has 2 rings (SSSR count). The molecule has 0 aromatic heterocycles. The molecular formula is C14H11Br2NO3. The standard InChI is InChI=1S/C14H11Br2NO3/c1-7-4-9(15)13(10(16)5-7)17-14(20)8-2-3-11(18)12(19)6-8/h2-6,18-19H,1H3,(H,17,20). The monoisotopic (exact) mass is 399 g/mol. The molecule has 0 saturated carbocycles. The fourth-order valence-corrected chi connectivity index (χ4v) is 3.28. The van der Waals surface area contributed by atoms with Crippen molar-refractivity contribution in [2.75, 3.05) is 5.32 Å². The van der Waals surface area contributed by atoms with Crippen LogP contribution in [0.1, 0.15) is 15.9 Å². The van der Waals surface area contributed by atoms with Gasteiger partial charge in [0.15, 0.2) is 11.5 Å². The zero-order valence-corrected chi connectivity index (χ0v) is 13.6. The van der Waals surface area contributed by atoms with Crippen LogP contribution in [0.5, 0.6) is 11.5 Å². The van der Waals surface area contributed by atoms with Crippen LogP contribution in [0.25, 0.3) is 0 Å². The maximum Gasteiger partial charge on any atom is 0.255 e. The smallest absolute Gasteiger partial charge is 0.255 e. The van der Waals surface area contributed by atoms with Crippen molar-refractivity contribution in [1.29, 1.82) is 0 Å². The van der Waals surface area contributed by atoms with Gasteiger partial charge in [-0.2, -0.15) is 0 Å². The van der Waals surface area contributed by atoms with E-state index in [0.717, 1.165) is 14.5 Å². The lowest BCUT2D eigenvalue weighted by molar-refractivity contribution is 0.102. The predicted molar refractivity (Wildman–Crippen MR) is 84.3 cm³/mol. The average Bonchev–Trinajstić information content (AvgIpc) is 2.36. The Morgan fingerprint density at radius 2 is 1.65 bits per heavy atom. The summed E-state index contributed by atoms with van der Waals surface area (Å²) in [6.45, 7) is 1.94. The number of amides is 1. The molecule has 20 heavy (non-hydrogen) atoms. The molecule has 2 aromatic rings. The summed E-state index contributed by atoms with van der Waals surface area (Å²) in [4.78, 5) is 12.1. The van der Waals surface area contributed by atoms with Gasteiger partial charge in [0.05, 0.1) is 5.69 Å². The lowest BCUT2D eigenvalue weighted by Gasteiger charge is -2.11. The molecule has 2 aromatic carbocycles. The fourth-order valence-electron chi connectivity index (χ4n) is 1.67. The first-order valence-electron chi connectivity index (χ1n) is 5.67. The Hall–Kier alpha value is -1.53. The molecule has 0 bridgehead atoms. The largest absolute Gasteiger partial charge is 0.504 e. The summed E-state index contributed by atoms with van der Waals surface area (Å²) >= 11 is 6.78. The number of phenolic OH excluding ortho intramolecular Hbond substituents is 2. The van der Waals surface area contributed by atoms with E-state index in [1.165, 1.54) is 18.2 Å². The van der Waals surface area contributed by atoms with Gasteiger partial charge in [0, 0.05) is 14.5 Å². The van der Waals surface area contributed by atoms with Gasteiger partial charge in [-0.05, 0) is 74.7 Å². The lowest BCUT2D eigenvalue weighted by Crippen LogP contribution is -2.12. The van der Waals surface area contributed by atoms with E-state index in [9.17, 15) is 15.0 Å². The van der Waals surface area contributed by atoms with Crippen LogP contribution < -0.4 is 5.32 Å². The van der Waals surface area contributed by atoms with Crippen molar-refractivity contribution in [2.24, 2.45) is 0 Å². The highest BCUT2D eigenvalue weighted by Crippen LogP contribution is 2.33. The third-order valence-corrected chi connectivity index (χ3v) is 3.91. The van der Waals surface area contributed by atoms with E-state index in [4.69, 9.17) is 0 Å². The Morgan fingerprint density at radius 3 is 2.20 bits per heavy atom. The van der Waals surface area contributed by atoms with Gasteiger partial charge in [-0.3, -0.25) is 4.79 Å². The number of benzene rings is 2. The molecular weight excluding hydrogens is 390 g/mol. The number of carbonyl (C=O) groups excluding carboxylic acids is 1. The molecule has 104 valence electrons. The molecule has 3 N–H and O–H groups in total. The van der Waals surface area contributed by atoms with E-state index < -0.39 is 0 Å². The summed E-state index contributed by atoms with van der Waals surface area (Å²) in [6, 6.07) is 7.67. The van der Waals surface area contributed by atoms with E-state index in [1.807, 2.05) is 19.1 Å². The third kappa shape index (κ3) is 3.13. The topological polar surface area (TPSA) is 69.6 Å². The molecule has 6 heteroatoms. The minimum atomic E-state index is -0.384. The zero-order valence-electron chi connectivity index (χ0n) is 10.4. The molecule has 0 atom stereocenters. The van der Waals surface area contributed by atoms with Crippen LogP contribution in [0.2, 0.25) is 0 Å². The quantitative estimate of drug-likeness (QED) is 0.662. The van der Waals surface area contributed by atoms with Crippen LogP contribution in [0.3, 0.4) is 0 Å². The van der Waals surface area contributed by atoms with Gasteiger partial charge in [0.25, 0.3) is 5.91 Å². The summed E-state index contributed by atoms with van der Waals surface area (Å²) in [5, 5.41) is 21.4. The predicted octanol–water partition coefficient (Wildman–Crippen LogP) is 4.18. The number of hydrogen-bond donors (Lipinski definition) is 3. The van der Waals surface area contributed by atoms with Gasteiger partial charge in [-0.25, -0.2) is 0 Å². The highest BCUT2D eigenvalue weighted by atomic mass is 79.9. The number of aromatic hydroxyl groups is 2. The Labute approximate surface area is 132 Å². The Morgan fingerprint density at radius 1 is 1.05 bits per heavy atom. The van der Waals surface area contributed by atoms with Crippen LogP contribution in [-0.4, -0.2) is 16.1 Å². The zero-order chi connectivity index (χ0) is 14.9. The molecule has 0 heterocycles. The van der Waals surface area contributed by atoms with E-state index in [2.05, 4.69) is 37.2 Å². The minimum absolute atomic E-state index is 0.250. The second-order valence-corrected chi connectivity index (χ2v) is 5.97. The highest BCUT2D eigenvalue weighted by molar-refractivity contribution is 9.11. The lowest BCUT2D eigenvalue weighted by atomic mass is 10.1. The number of anilines is 1. The van der Waals surface area contributed by atoms with Crippen LogP contribution >= 0.6 is 31.9 Å². The highest BCUT2D eigenvalue weighted by Gasteiger charge is 2.13. The molecule has 0 aliphatic rings. The number of aryl methyl sites for hydroxylation is 1. The maximum atomic E-state index is 12.1. The van der Waals surface area contributed by atoms with E-state index in [0.29, 0.717) is 5.69 Å². The first-order chi connectivity index (χ1) is 9.38. The average molecular weight is 401 g/mol. The second-order valence-electron chi connectivity index (χ2n) is 4.26. The van der Waals surface area contributed by atoms with Gasteiger partial charge in [-0.1, -0.05) is 0 Å². The summed E-state index contributed by atoms with van der Waals surface area (Å²) in [5.74, 6) is -0.982. The van der Waals surface area contributed by atoms with Crippen molar-refractivity contribution in [3.8, 4) is 11.5 Å². The van der Waals surface area contributed by atoms with Gasteiger partial charge in [0.1, 0.15) is 0 Å². The molecule has 0 aliphatic carbocycles. The van der Waals surface area contributed by atoms with Crippen molar-refractivity contribution in [1.82, 2.24) is 0 Å². The number of nitrogens with one attached hydrogen (secondary N) is 1. The first kappa shape index (κ1) is 14.9. The van der Waals surface area contributed by atoms with Crippen molar-refractivity contribution in [3.05, 3.63) is 50.4 Å². The van der Waals surface area contributed by atoms with E-state index in [-0.39, 0.29) is 23.0 Å². The number of hydrogen-bond acceptors (Lipinski definition) is 3. The first-order valence-corrected chi connectivity index (χ1v) is 7.26. The normalized spacial score (nSPS) is 10.3. The van der Waals surface area contributed by atoms with Crippen molar-refractivity contribution in [2.45, 2.75) is 6.92 Å². The Kier molecular flexibility index (Phi) is 4.35. The molecule has 4 nitrogen and oxygen atoms in total. The van der Waals surface area contributed by atoms with Crippen molar-refractivity contribution in [3.63, 3.8) is 0 Å². The summed E-state index contributed by atoms with van der Waals surface area (Å²) in [5.41, 5.74) is 1.90. The SMILES string of the molecule is Cc1cc(Br)c(NC(=O)c2ccc(O)c(O)c2)c(Br)c1. The number of halogens is 2. The van der Waals surface area contributed by atoms with E-state index >= 15 is 0 Å². The number of phenols is 2. The molecule has 0 fully saturated rings. The summed E-state index contributed by atoms with van der Waals surface area (Å²) in [6.07, 6.45) is 0. The second kappa shape index (κ2) is 5.85. The molecule has 0 unspecified atom stereocenters. The van der Waals surface area contributed by atoms with Crippen LogP contribution in [0.15, 0.2) is 39.3 Å². The molecule has 0 saturated heterocycles. The van der Waals surface area contributed by atoms with Gasteiger partial charge in [0.2, 0.25) is 0 Å². The van der Waals surface area contributed by atoms with Crippen LogP contribution in [0, 0.1) is 6.92 Å². The van der Waals surface area contributed by atoms with Crippen molar-refractivity contribution >= 4 is 43.5 Å². The summed E-state index contributed by atoms with van der Waals surface area (Å²) in [7, 11) is 0. The number of carbonyl (C=O) groups is 1. The van der Waals surface area contributed by atoms with Gasteiger partial charge >= 0.3 is 0 Å². The maximum absolute atomic E-state index is 12.1. The van der Waals surface area contributed by atoms with Gasteiger partial charge < -0.3 is 15.5 Å². The fraction of sp³-hybridized carbons (Fsp3) is 0.0714. The Balaban J connectivity index is 2.30. The molecule has 0 radical (unpaired) electrons. The van der Waals surface area contributed by atoms with Crippen molar-refractivity contribution < 1.29 is 15.0 Å². The molecule has 0 spiro atoms. The summed E-state index contributed by atoms with van der Waals surface area (Å²) < 4.78 is 1.50. The van der Waals surface area contributed by atoms with Gasteiger partial charge in [-0.15, -0.1) is 0 Å². The molecule has 1 amide bonds. The third-order valence-electron chi connectivity index (χ3n) is 2.66. The van der Waals surface area contributed by atoms with Crippen LogP contribution in [0.4, 0.5) is 5.69 Å². The number of rotatable bonds is 2.